The molecule has 2 aromatic heterocycles. The molecule has 1 atom stereocenters. The standard InChI is InChI=1S/C27H36N6/c1-20-24-12-9-16-32(17-14-22-10-5-4-6-11-22)27(24)30-26(29-20)25-13-7-8-15-33(25)19-23-18-28-31(3)21(23)2/h4-6,10-11,18,25H,7-9,12-17,19H2,1-3H3. The van der Waals surface area contributed by atoms with Crippen LogP contribution in [0.15, 0.2) is 36.5 Å². The van der Waals surface area contributed by atoms with Crippen LogP contribution in [0.5, 0.6) is 0 Å². The Labute approximate surface area is 197 Å². The summed E-state index contributed by atoms with van der Waals surface area (Å²) in [5.74, 6) is 2.20. The molecule has 2 aliphatic rings. The van der Waals surface area contributed by atoms with Crippen LogP contribution in [-0.2, 0) is 26.4 Å². The summed E-state index contributed by atoms with van der Waals surface area (Å²) in [6.07, 6.45) is 8.95. The number of piperidine rings is 1. The van der Waals surface area contributed by atoms with Gasteiger partial charge in [0.25, 0.3) is 0 Å². The predicted octanol–water partition coefficient (Wildman–Crippen LogP) is 4.55. The summed E-state index contributed by atoms with van der Waals surface area (Å²) in [6, 6.07) is 11.1. The molecule has 0 spiro atoms. The molecule has 4 heterocycles. The van der Waals surface area contributed by atoms with Gasteiger partial charge in [0.05, 0.1) is 12.2 Å². The second-order valence-electron chi connectivity index (χ2n) is 9.66. The Morgan fingerprint density at radius 3 is 2.64 bits per heavy atom. The monoisotopic (exact) mass is 444 g/mol. The molecule has 6 heteroatoms. The first-order chi connectivity index (χ1) is 16.1. The number of hydrogen-bond acceptors (Lipinski definition) is 5. The molecular formula is C27H36N6. The zero-order valence-electron chi connectivity index (χ0n) is 20.3. The van der Waals surface area contributed by atoms with Crippen LogP contribution in [0.4, 0.5) is 5.82 Å². The summed E-state index contributed by atoms with van der Waals surface area (Å²) in [5, 5.41) is 4.46. The third-order valence-electron chi connectivity index (χ3n) is 7.50. The van der Waals surface area contributed by atoms with Gasteiger partial charge in [0.1, 0.15) is 11.6 Å². The van der Waals surface area contributed by atoms with Gasteiger partial charge in [-0.1, -0.05) is 36.8 Å². The van der Waals surface area contributed by atoms with Gasteiger partial charge < -0.3 is 4.90 Å². The van der Waals surface area contributed by atoms with Gasteiger partial charge in [-0.3, -0.25) is 9.58 Å². The second kappa shape index (κ2) is 9.64. The number of hydrogen-bond donors (Lipinski definition) is 0. The molecule has 0 amide bonds. The van der Waals surface area contributed by atoms with Crippen LogP contribution in [0.25, 0.3) is 0 Å². The molecule has 3 aromatic rings. The zero-order chi connectivity index (χ0) is 22.8. The summed E-state index contributed by atoms with van der Waals surface area (Å²) in [5.41, 5.74) is 6.46. The minimum absolute atomic E-state index is 0.278. The minimum atomic E-state index is 0.278. The molecule has 0 saturated carbocycles. The van der Waals surface area contributed by atoms with Crippen molar-refractivity contribution in [1.82, 2.24) is 24.6 Å². The molecule has 5 rings (SSSR count). The Kier molecular flexibility index (Phi) is 6.45. The highest BCUT2D eigenvalue weighted by Gasteiger charge is 2.30. The van der Waals surface area contributed by atoms with E-state index in [1.54, 1.807) is 0 Å². The molecule has 1 unspecified atom stereocenters. The van der Waals surface area contributed by atoms with Crippen LogP contribution in [0.3, 0.4) is 0 Å². The van der Waals surface area contributed by atoms with Crippen LogP contribution >= 0.6 is 0 Å². The van der Waals surface area contributed by atoms with Crippen molar-refractivity contribution in [3.63, 3.8) is 0 Å². The lowest BCUT2D eigenvalue weighted by molar-refractivity contribution is 0.133. The SMILES string of the molecule is Cc1nc(C2CCCCN2Cc2cnn(C)c2C)nc2c1CCCN2CCc1ccccc1. The van der Waals surface area contributed by atoms with Gasteiger partial charge in [-0.2, -0.15) is 5.10 Å². The maximum Gasteiger partial charge on any atom is 0.148 e. The average molecular weight is 445 g/mol. The Morgan fingerprint density at radius 1 is 1.00 bits per heavy atom. The van der Waals surface area contributed by atoms with Gasteiger partial charge in [-0.25, -0.2) is 9.97 Å². The fraction of sp³-hybridized carbons (Fsp3) is 0.519. The summed E-state index contributed by atoms with van der Waals surface area (Å²) < 4.78 is 1.97. The average Bonchev–Trinajstić information content (AvgIpc) is 3.16. The van der Waals surface area contributed by atoms with E-state index in [-0.39, 0.29) is 6.04 Å². The van der Waals surface area contributed by atoms with Gasteiger partial charge >= 0.3 is 0 Å². The largest absolute Gasteiger partial charge is 0.356 e. The first kappa shape index (κ1) is 22.1. The number of benzene rings is 1. The van der Waals surface area contributed by atoms with E-state index < -0.39 is 0 Å². The number of aryl methyl sites for hydroxylation is 2. The normalized spacial score (nSPS) is 19.0. The van der Waals surface area contributed by atoms with E-state index in [9.17, 15) is 0 Å². The molecule has 0 radical (unpaired) electrons. The van der Waals surface area contributed by atoms with E-state index >= 15 is 0 Å². The van der Waals surface area contributed by atoms with Gasteiger partial charge in [0.15, 0.2) is 0 Å². The van der Waals surface area contributed by atoms with E-state index in [1.807, 2.05) is 17.9 Å². The molecule has 33 heavy (non-hydrogen) atoms. The summed E-state index contributed by atoms with van der Waals surface area (Å²) in [7, 11) is 2.02. The number of likely N-dealkylation sites (tertiary alicyclic amines) is 1. The van der Waals surface area contributed by atoms with Crippen molar-refractivity contribution >= 4 is 5.82 Å². The summed E-state index contributed by atoms with van der Waals surface area (Å²) >= 11 is 0. The van der Waals surface area contributed by atoms with Gasteiger partial charge in [0, 0.05) is 49.2 Å². The highest BCUT2D eigenvalue weighted by atomic mass is 15.3. The van der Waals surface area contributed by atoms with Crippen molar-refractivity contribution in [2.24, 2.45) is 7.05 Å². The van der Waals surface area contributed by atoms with E-state index in [1.165, 1.54) is 53.2 Å². The van der Waals surface area contributed by atoms with Crippen molar-refractivity contribution < 1.29 is 0 Å². The van der Waals surface area contributed by atoms with Crippen LogP contribution in [-0.4, -0.2) is 44.3 Å². The molecule has 2 aliphatic heterocycles. The van der Waals surface area contributed by atoms with E-state index in [2.05, 4.69) is 59.1 Å². The quantitative estimate of drug-likeness (QED) is 0.558. The lowest BCUT2D eigenvalue weighted by Crippen LogP contribution is -2.36. The first-order valence-corrected chi connectivity index (χ1v) is 12.5. The van der Waals surface area contributed by atoms with Crippen LogP contribution in [0.1, 0.15) is 65.6 Å². The Bertz CT molecular complexity index is 1090. The topological polar surface area (TPSA) is 50.1 Å². The Balaban J connectivity index is 1.40. The van der Waals surface area contributed by atoms with Crippen molar-refractivity contribution in [3.8, 4) is 0 Å². The fourth-order valence-corrected chi connectivity index (χ4v) is 5.38. The minimum Gasteiger partial charge on any atom is -0.356 e. The molecule has 6 nitrogen and oxygen atoms in total. The van der Waals surface area contributed by atoms with Crippen LogP contribution in [0.2, 0.25) is 0 Å². The smallest absolute Gasteiger partial charge is 0.148 e. The van der Waals surface area contributed by atoms with E-state index in [4.69, 9.17) is 9.97 Å². The van der Waals surface area contributed by atoms with Crippen molar-refractivity contribution in [3.05, 3.63) is 70.4 Å². The number of rotatable bonds is 6. The lowest BCUT2D eigenvalue weighted by Gasteiger charge is -2.36. The third kappa shape index (κ3) is 4.67. The summed E-state index contributed by atoms with van der Waals surface area (Å²) in [6.45, 7) is 8.45. The van der Waals surface area contributed by atoms with Crippen LogP contribution in [0, 0.1) is 13.8 Å². The predicted molar refractivity (Wildman–Crippen MR) is 132 cm³/mol. The summed E-state index contributed by atoms with van der Waals surface area (Å²) in [4.78, 5) is 15.4. The maximum atomic E-state index is 5.26. The fourth-order valence-electron chi connectivity index (χ4n) is 5.38. The van der Waals surface area contributed by atoms with Crippen LogP contribution < -0.4 is 4.90 Å². The van der Waals surface area contributed by atoms with E-state index in [0.29, 0.717) is 0 Å². The Morgan fingerprint density at radius 2 is 1.85 bits per heavy atom. The molecule has 0 bridgehead atoms. The highest BCUT2D eigenvalue weighted by Crippen LogP contribution is 2.34. The van der Waals surface area contributed by atoms with E-state index in [0.717, 1.165) is 51.3 Å². The number of fused-ring (bicyclic) bond motifs is 1. The molecule has 1 fully saturated rings. The first-order valence-electron chi connectivity index (χ1n) is 12.5. The number of aromatic nitrogens is 4. The molecule has 0 aliphatic carbocycles. The molecule has 0 N–H and O–H groups in total. The molecule has 174 valence electrons. The maximum absolute atomic E-state index is 5.26. The Hall–Kier alpha value is -2.73. The second-order valence-corrected chi connectivity index (χ2v) is 9.66. The highest BCUT2D eigenvalue weighted by molar-refractivity contribution is 5.51. The number of nitrogens with zero attached hydrogens (tertiary/aromatic N) is 6. The van der Waals surface area contributed by atoms with Crippen molar-refractivity contribution in [2.75, 3.05) is 24.5 Å². The molecular weight excluding hydrogens is 408 g/mol. The van der Waals surface area contributed by atoms with Gasteiger partial charge in [-0.15, -0.1) is 0 Å². The zero-order valence-corrected chi connectivity index (χ0v) is 20.3. The van der Waals surface area contributed by atoms with Crippen molar-refractivity contribution in [2.45, 2.75) is 65.0 Å². The van der Waals surface area contributed by atoms with Gasteiger partial charge in [-0.05, 0) is 58.1 Å². The molecule has 1 aromatic carbocycles. The third-order valence-corrected chi connectivity index (χ3v) is 7.50. The number of anilines is 1. The van der Waals surface area contributed by atoms with Crippen molar-refractivity contribution in [1.29, 1.82) is 0 Å². The van der Waals surface area contributed by atoms with Gasteiger partial charge in [0.2, 0.25) is 0 Å². The lowest BCUT2D eigenvalue weighted by atomic mass is 9.98. The molecule has 1 saturated heterocycles.